The molecule has 0 bridgehead atoms. The van der Waals surface area contributed by atoms with Gasteiger partial charge in [-0.25, -0.2) is 0 Å². The lowest BCUT2D eigenvalue weighted by Gasteiger charge is -2.25. The summed E-state index contributed by atoms with van der Waals surface area (Å²) < 4.78 is 0. The number of aliphatic hydroxyl groups excluding tert-OH is 1. The Labute approximate surface area is 91.8 Å². The first-order chi connectivity index (χ1) is 7.33. The van der Waals surface area contributed by atoms with Gasteiger partial charge in [0, 0.05) is 36.7 Å². The maximum absolute atomic E-state index is 9.24. The summed E-state index contributed by atoms with van der Waals surface area (Å²) in [6.07, 6.45) is 5.76. The third-order valence-electron chi connectivity index (χ3n) is 2.38. The molecule has 0 aliphatic rings. The van der Waals surface area contributed by atoms with Crippen molar-refractivity contribution in [3.05, 3.63) is 24.0 Å². The zero-order chi connectivity index (χ0) is 11.1. The van der Waals surface area contributed by atoms with E-state index in [0.29, 0.717) is 0 Å². The summed E-state index contributed by atoms with van der Waals surface area (Å²) >= 11 is 0. The summed E-state index contributed by atoms with van der Waals surface area (Å²) in [5, 5.41) is 9.24. The molecule has 0 saturated carbocycles. The van der Waals surface area contributed by atoms with Gasteiger partial charge >= 0.3 is 0 Å². The number of pyridine rings is 1. The van der Waals surface area contributed by atoms with Crippen LogP contribution in [0.25, 0.3) is 0 Å². The molecular formula is C12H20N2O. The third kappa shape index (κ3) is 3.20. The number of aliphatic hydroxyl groups is 1. The molecule has 1 heterocycles. The highest BCUT2D eigenvalue weighted by Crippen LogP contribution is 2.19. The Bertz CT molecular complexity index is 283. The number of rotatable bonds is 6. The van der Waals surface area contributed by atoms with E-state index in [1.807, 2.05) is 6.07 Å². The minimum atomic E-state index is 0.0626. The number of hydrogen-bond donors (Lipinski definition) is 1. The fourth-order valence-corrected chi connectivity index (χ4v) is 1.74. The molecule has 0 aromatic carbocycles. The van der Waals surface area contributed by atoms with Crippen molar-refractivity contribution in [2.45, 2.75) is 33.3 Å². The molecule has 0 fully saturated rings. The van der Waals surface area contributed by atoms with E-state index in [0.717, 1.165) is 37.2 Å². The SMILES string of the molecule is CCCN(CCC)c1ccncc1CO. The van der Waals surface area contributed by atoms with E-state index in [1.165, 1.54) is 0 Å². The van der Waals surface area contributed by atoms with Crippen molar-refractivity contribution in [1.82, 2.24) is 4.98 Å². The lowest BCUT2D eigenvalue weighted by molar-refractivity contribution is 0.281. The second-order valence-electron chi connectivity index (χ2n) is 3.65. The normalized spacial score (nSPS) is 10.3. The van der Waals surface area contributed by atoms with Crippen LogP contribution in [0.3, 0.4) is 0 Å². The number of aromatic nitrogens is 1. The lowest BCUT2D eigenvalue weighted by Crippen LogP contribution is -2.26. The summed E-state index contributed by atoms with van der Waals surface area (Å²) in [4.78, 5) is 6.34. The van der Waals surface area contributed by atoms with Crippen LogP contribution in [-0.4, -0.2) is 23.2 Å². The molecule has 15 heavy (non-hydrogen) atoms. The van der Waals surface area contributed by atoms with Gasteiger partial charge in [-0.15, -0.1) is 0 Å². The molecular weight excluding hydrogens is 188 g/mol. The topological polar surface area (TPSA) is 36.4 Å². The maximum Gasteiger partial charge on any atom is 0.0717 e. The Balaban J connectivity index is 2.88. The van der Waals surface area contributed by atoms with Crippen LogP contribution in [0, 0.1) is 0 Å². The molecule has 0 spiro atoms. The molecule has 3 nitrogen and oxygen atoms in total. The second-order valence-corrected chi connectivity index (χ2v) is 3.65. The Morgan fingerprint density at radius 1 is 1.27 bits per heavy atom. The quantitative estimate of drug-likeness (QED) is 0.778. The van der Waals surface area contributed by atoms with E-state index in [1.54, 1.807) is 12.4 Å². The highest BCUT2D eigenvalue weighted by Gasteiger charge is 2.08. The van der Waals surface area contributed by atoms with Crippen molar-refractivity contribution in [3.63, 3.8) is 0 Å². The zero-order valence-electron chi connectivity index (χ0n) is 9.61. The van der Waals surface area contributed by atoms with Crippen molar-refractivity contribution in [2.75, 3.05) is 18.0 Å². The average Bonchev–Trinajstić information content (AvgIpc) is 2.29. The molecule has 0 aliphatic carbocycles. The highest BCUT2D eigenvalue weighted by atomic mass is 16.3. The molecule has 0 amide bonds. The smallest absolute Gasteiger partial charge is 0.0717 e. The van der Waals surface area contributed by atoms with Crippen LogP contribution in [0.1, 0.15) is 32.3 Å². The second kappa shape index (κ2) is 6.40. The molecule has 3 heteroatoms. The minimum Gasteiger partial charge on any atom is -0.392 e. The van der Waals surface area contributed by atoms with Gasteiger partial charge in [-0.2, -0.15) is 0 Å². The van der Waals surface area contributed by atoms with Gasteiger partial charge < -0.3 is 10.0 Å². The van der Waals surface area contributed by atoms with Gasteiger partial charge in [0.2, 0.25) is 0 Å². The average molecular weight is 208 g/mol. The van der Waals surface area contributed by atoms with Gasteiger partial charge in [0.05, 0.1) is 6.61 Å². The van der Waals surface area contributed by atoms with E-state index >= 15 is 0 Å². The Morgan fingerprint density at radius 2 is 1.93 bits per heavy atom. The van der Waals surface area contributed by atoms with Crippen molar-refractivity contribution < 1.29 is 5.11 Å². The Kier molecular flexibility index (Phi) is 5.12. The van der Waals surface area contributed by atoms with Crippen LogP contribution in [0.4, 0.5) is 5.69 Å². The number of hydrogen-bond acceptors (Lipinski definition) is 3. The standard InChI is InChI=1S/C12H20N2O/c1-3-7-14(8-4-2)12-5-6-13-9-11(12)10-15/h5-6,9,15H,3-4,7-8,10H2,1-2H3. The lowest BCUT2D eigenvalue weighted by atomic mass is 10.2. The fraction of sp³-hybridized carbons (Fsp3) is 0.583. The fourth-order valence-electron chi connectivity index (χ4n) is 1.74. The first-order valence-corrected chi connectivity index (χ1v) is 5.62. The zero-order valence-corrected chi connectivity index (χ0v) is 9.61. The van der Waals surface area contributed by atoms with Gasteiger partial charge in [0.1, 0.15) is 0 Å². The summed E-state index contributed by atoms with van der Waals surface area (Å²) in [6, 6.07) is 1.98. The molecule has 0 saturated heterocycles. The predicted molar refractivity (Wildman–Crippen MR) is 63.0 cm³/mol. The molecule has 1 aromatic rings. The van der Waals surface area contributed by atoms with Crippen molar-refractivity contribution in [1.29, 1.82) is 0 Å². The highest BCUT2D eigenvalue weighted by molar-refractivity contribution is 5.51. The first kappa shape index (κ1) is 12.0. The molecule has 1 aromatic heterocycles. The van der Waals surface area contributed by atoms with Gasteiger partial charge in [0.25, 0.3) is 0 Å². The van der Waals surface area contributed by atoms with E-state index in [4.69, 9.17) is 0 Å². The van der Waals surface area contributed by atoms with E-state index < -0.39 is 0 Å². The Morgan fingerprint density at radius 3 is 2.47 bits per heavy atom. The summed E-state index contributed by atoms with van der Waals surface area (Å²) in [7, 11) is 0. The van der Waals surface area contributed by atoms with Gasteiger partial charge in [0.15, 0.2) is 0 Å². The molecule has 1 N–H and O–H groups in total. The van der Waals surface area contributed by atoms with Crippen LogP contribution < -0.4 is 4.90 Å². The van der Waals surface area contributed by atoms with Crippen LogP contribution in [-0.2, 0) is 6.61 Å². The van der Waals surface area contributed by atoms with Crippen LogP contribution >= 0.6 is 0 Å². The molecule has 0 unspecified atom stereocenters. The summed E-state index contributed by atoms with van der Waals surface area (Å²) in [6.45, 7) is 6.47. The van der Waals surface area contributed by atoms with Crippen LogP contribution in [0.2, 0.25) is 0 Å². The maximum atomic E-state index is 9.24. The molecule has 1 rings (SSSR count). The summed E-state index contributed by atoms with van der Waals surface area (Å²) in [5.74, 6) is 0. The van der Waals surface area contributed by atoms with Crippen molar-refractivity contribution in [2.24, 2.45) is 0 Å². The van der Waals surface area contributed by atoms with Gasteiger partial charge in [-0.1, -0.05) is 13.8 Å². The van der Waals surface area contributed by atoms with E-state index in [9.17, 15) is 5.11 Å². The van der Waals surface area contributed by atoms with Gasteiger partial charge in [-0.3, -0.25) is 4.98 Å². The Hall–Kier alpha value is -1.09. The monoisotopic (exact) mass is 208 g/mol. The number of anilines is 1. The van der Waals surface area contributed by atoms with E-state index in [2.05, 4.69) is 23.7 Å². The van der Waals surface area contributed by atoms with Crippen LogP contribution in [0.15, 0.2) is 18.5 Å². The van der Waals surface area contributed by atoms with Crippen molar-refractivity contribution in [3.8, 4) is 0 Å². The van der Waals surface area contributed by atoms with Crippen molar-refractivity contribution >= 4 is 5.69 Å². The third-order valence-corrected chi connectivity index (χ3v) is 2.38. The first-order valence-electron chi connectivity index (χ1n) is 5.62. The molecule has 0 radical (unpaired) electrons. The van der Waals surface area contributed by atoms with Gasteiger partial charge in [-0.05, 0) is 18.9 Å². The molecule has 0 atom stereocenters. The predicted octanol–water partition coefficient (Wildman–Crippen LogP) is 2.20. The van der Waals surface area contributed by atoms with E-state index in [-0.39, 0.29) is 6.61 Å². The summed E-state index contributed by atoms with van der Waals surface area (Å²) in [5.41, 5.74) is 2.04. The van der Waals surface area contributed by atoms with Crippen LogP contribution in [0.5, 0.6) is 0 Å². The molecule has 84 valence electrons. The molecule has 0 aliphatic heterocycles. The number of nitrogens with zero attached hydrogens (tertiary/aromatic N) is 2. The minimum absolute atomic E-state index is 0.0626. The largest absolute Gasteiger partial charge is 0.392 e.